The zero-order valence-corrected chi connectivity index (χ0v) is 11.8. The second-order valence-electron chi connectivity index (χ2n) is 3.60. The van der Waals surface area contributed by atoms with Crippen molar-refractivity contribution in [1.29, 1.82) is 0 Å². The lowest BCUT2D eigenvalue weighted by Crippen LogP contribution is -2.31. The van der Waals surface area contributed by atoms with E-state index in [0.29, 0.717) is 25.9 Å². The van der Waals surface area contributed by atoms with Gasteiger partial charge in [0.2, 0.25) is 0 Å². The third-order valence-corrected chi connectivity index (χ3v) is 5.91. The maximum atomic E-state index is 11.9. The fraction of sp³-hybridized carbons (Fsp3) is 0.818. The Labute approximate surface area is 110 Å². The average molecular weight is 278 g/mol. The molecule has 4 nitrogen and oxygen atoms in total. The van der Waals surface area contributed by atoms with Crippen LogP contribution in [0.15, 0.2) is 0 Å². The van der Waals surface area contributed by atoms with E-state index in [2.05, 4.69) is 4.74 Å². The second-order valence-corrected chi connectivity index (χ2v) is 6.65. The van der Waals surface area contributed by atoms with Crippen LogP contribution in [0.2, 0.25) is 0 Å². The number of thioether (sulfide) groups is 2. The monoisotopic (exact) mass is 278 g/mol. The Kier molecular flexibility index (Phi) is 6.19. The van der Waals surface area contributed by atoms with E-state index in [1.165, 1.54) is 7.11 Å². The first-order valence-electron chi connectivity index (χ1n) is 5.66. The topological polar surface area (TPSA) is 52.6 Å². The Morgan fingerprint density at radius 2 is 1.94 bits per heavy atom. The number of hydrogen-bond acceptors (Lipinski definition) is 6. The van der Waals surface area contributed by atoms with Crippen molar-refractivity contribution in [2.45, 2.75) is 30.3 Å². The molecule has 1 rings (SSSR count). The molecule has 17 heavy (non-hydrogen) atoms. The number of ether oxygens (including phenoxy) is 2. The summed E-state index contributed by atoms with van der Waals surface area (Å²) in [7, 11) is 1.38. The minimum absolute atomic E-state index is 0.155. The van der Waals surface area contributed by atoms with Gasteiger partial charge in [-0.3, -0.25) is 4.79 Å². The first kappa shape index (κ1) is 14.7. The molecule has 1 aliphatic rings. The molecule has 0 spiro atoms. The maximum absolute atomic E-state index is 11.9. The molecular weight excluding hydrogens is 260 g/mol. The van der Waals surface area contributed by atoms with Crippen molar-refractivity contribution in [3.63, 3.8) is 0 Å². The molecule has 1 fully saturated rings. The number of hydrogen-bond donors (Lipinski definition) is 0. The molecule has 1 heterocycles. The van der Waals surface area contributed by atoms with Gasteiger partial charge in [-0.1, -0.05) is 0 Å². The first-order chi connectivity index (χ1) is 8.14. The number of carbonyl (C=O) groups excluding carboxylic acids is 2. The molecule has 1 aliphatic heterocycles. The van der Waals surface area contributed by atoms with Gasteiger partial charge in [-0.15, -0.1) is 23.5 Å². The summed E-state index contributed by atoms with van der Waals surface area (Å²) >= 11 is 3.27. The van der Waals surface area contributed by atoms with Gasteiger partial charge in [0, 0.05) is 17.9 Å². The molecule has 0 aromatic rings. The van der Waals surface area contributed by atoms with E-state index in [4.69, 9.17) is 4.74 Å². The molecule has 0 radical (unpaired) electrons. The van der Waals surface area contributed by atoms with Gasteiger partial charge in [-0.25, -0.2) is 4.79 Å². The van der Waals surface area contributed by atoms with Crippen molar-refractivity contribution in [3.05, 3.63) is 0 Å². The lowest BCUT2D eigenvalue weighted by molar-refractivity contribution is -0.144. The van der Waals surface area contributed by atoms with Gasteiger partial charge in [-0.05, 0) is 19.8 Å². The van der Waals surface area contributed by atoms with E-state index in [1.54, 1.807) is 23.5 Å². The van der Waals surface area contributed by atoms with Gasteiger partial charge in [0.05, 0.1) is 13.7 Å². The van der Waals surface area contributed by atoms with Gasteiger partial charge in [0.15, 0.2) is 4.08 Å². The zero-order chi connectivity index (χ0) is 12.7. The predicted molar refractivity (Wildman–Crippen MR) is 70.1 cm³/mol. The summed E-state index contributed by atoms with van der Waals surface area (Å²) in [6.45, 7) is 2.21. The lowest BCUT2D eigenvalue weighted by Gasteiger charge is -2.24. The highest BCUT2D eigenvalue weighted by atomic mass is 32.2. The third-order valence-electron chi connectivity index (χ3n) is 2.45. The van der Waals surface area contributed by atoms with Gasteiger partial charge < -0.3 is 9.47 Å². The molecule has 1 saturated heterocycles. The van der Waals surface area contributed by atoms with E-state index in [1.807, 2.05) is 6.92 Å². The van der Waals surface area contributed by atoms with Crippen molar-refractivity contribution in [2.75, 3.05) is 25.2 Å². The Morgan fingerprint density at radius 1 is 1.29 bits per heavy atom. The van der Waals surface area contributed by atoms with Crippen LogP contribution in [-0.2, 0) is 19.1 Å². The molecule has 0 aromatic carbocycles. The van der Waals surface area contributed by atoms with Crippen LogP contribution in [0.1, 0.15) is 26.2 Å². The number of rotatable bonds is 6. The molecule has 0 bridgehead atoms. The number of carbonyl (C=O) groups is 2. The van der Waals surface area contributed by atoms with E-state index in [9.17, 15) is 9.59 Å². The Balaban J connectivity index is 2.48. The van der Waals surface area contributed by atoms with Gasteiger partial charge in [0.1, 0.15) is 0 Å². The van der Waals surface area contributed by atoms with E-state index < -0.39 is 4.08 Å². The SMILES string of the molecule is CCOC(=O)C1(CCCC(=O)OC)SCCS1. The van der Waals surface area contributed by atoms with Crippen LogP contribution < -0.4 is 0 Å². The largest absolute Gasteiger partial charge is 0.469 e. The summed E-state index contributed by atoms with van der Waals surface area (Å²) in [6, 6.07) is 0. The van der Waals surface area contributed by atoms with Gasteiger partial charge >= 0.3 is 11.9 Å². The minimum Gasteiger partial charge on any atom is -0.469 e. The summed E-state index contributed by atoms with van der Waals surface area (Å²) < 4.78 is 9.21. The molecule has 0 unspecified atom stereocenters. The summed E-state index contributed by atoms with van der Waals surface area (Å²) in [5.41, 5.74) is 0. The highest BCUT2D eigenvalue weighted by Crippen LogP contribution is 2.48. The van der Waals surface area contributed by atoms with Gasteiger partial charge in [-0.2, -0.15) is 0 Å². The zero-order valence-electron chi connectivity index (χ0n) is 10.2. The fourth-order valence-electron chi connectivity index (χ4n) is 1.63. The fourth-order valence-corrected chi connectivity index (χ4v) is 4.72. The number of esters is 2. The third kappa shape index (κ3) is 4.10. The molecule has 0 atom stereocenters. The van der Waals surface area contributed by atoms with Crippen LogP contribution >= 0.6 is 23.5 Å². The first-order valence-corrected chi connectivity index (χ1v) is 7.63. The van der Waals surface area contributed by atoms with E-state index in [-0.39, 0.29) is 11.9 Å². The van der Waals surface area contributed by atoms with Crippen LogP contribution in [-0.4, -0.2) is 41.2 Å². The van der Waals surface area contributed by atoms with Crippen molar-refractivity contribution in [1.82, 2.24) is 0 Å². The Hall–Kier alpha value is -0.360. The van der Waals surface area contributed by atoms with E-state index in [0.717, 1.165) is 11.5 Å². The predicted octanol–water partition coefficient (Wildman–Crippen LogP) is 2.07. The highest BCUT2D eigenvalue weighted by molar-refractivity contribution is 8.22. The van der Waals surface area contributed by atoms with Crippen LogP contribution in [0.4, 0.5) is 0 Å². The average Bonchev–Trinajstić information content (AvgIpc) is 2.79. The standard InChI is InChI=1S/C11H18O4S2/c1-3-15-10(13)11(16-7-8-17-11)6-4-5-9(12)14-2/h3-8H2,1-2H3. The Bertz CT molecular complexity index is 275. The van der Waals surface area contributed by atoms with Gasteiger partial charge in [0.25, 0.3) is 0 Å². The smallest absolute Gasteiger partial charge is 0.332 e. The normalized spacial score (nSPS) is 17.8. The van der Waals surface area contributed by atoms with Crippen molar-refractivity contribution < 1.29 is 19.1 Å². The highest BCUT2D eigenvalue weighted by Gasteiger charge is 2.44. The molecule has 0 aliphatic carbocycles. The molecule has 0 N–H and O–H groups in total. The molecule has 0 aromatic heterocycles. The minimum atomic E-state index is -0.496. The van der Waals surface area contributed by atoms with Crippen LogP contribution in [0.5, 0.6) is 0 Å². The lowest BCUT2D eigenvalue weighted by atomic mass is 10.2. The van der Waals surface area contributed by atoms with E-state index >= 15 is 0 Å². The summed E-state index contributed by atoms with van der Waals surface area (Å²) in [5, 5.41) is 0. The summed E-state index contributed by atoms with van der Waals surface area (Å²) in [4.78, 5) is 23.0. The van der Waals surface area contributed by atoms with Crippen LogP contribution in [0.25, 0.3) is 0 Å². The van der Waals surface area contributed by atoms with Crippen LogP contribution in [0.3, 0.4) is 0 Å². The summed E-state index contributed by atoms with van der Waals surface area (Å²) in [5.74, 6) is 1.54. The number of methoxy groups -OCH3 is 1. The second kappa shape index (κ2) is 7.16. The maximum Gasteiger partial charge on any atom is 0.332 e. The van der Waals surface area contributed by atoms with Crippen LogP contribution in [0, 0.1) is 0 Å². The summed E-state index contributed by atoms with van der Waals surface area (Å²) in [6.07, 6.45) is 1.68. The molecule has 0 amide bonds. The van der Waals surface area contributed by atoms with Crippen molar-refractivity contribution >= 4 is 35.5 Å². The van der Waals surface area contributed by atoms with Crippen molar-refractivity contribution in [2.24, 2.45) is 0 Å². The molecule has 98 valence electrons. The van der Waals surface area contributed by atoms with Crippen molar-refractivity contribution in [3.8, 4) is 0 Å². The molecular formula is C11H18O4S2. The Morgan fingerprint density at radius 3 is 2.47 bits per heavy atom. The quantitative estimate of drug-likeness (QED) is 0.693. The molecule has 0 saturated carbocycles. The molecule has 6 heteroatoms.